The summed E-state index contributed by atoms with van der Waals surface area (Å²) in [6.07, 6.45) is -10.3. The third-order valence-electron chi connectivity index (χ3n) is 1.55. The van der Waals surface area contributed by atoms with Crippen LogP contribution in [0, 0.1) is 6.92 Å². The summed E-state index contributed by atoms with van der Waals surface area (Å²) in [5.41, 5.74) is 0. The lowest BCUT2D eigenvalue weighted by Crippen LogP contribution is -2.48. The summed E-state index contributed by atoms with van der Waals surface area (Å²) in [4.78, 5) is 0. The first-order chi connectivity index (χ1) is 6.15. The summed E-state index contributed by atoms with van der Waals surface area (Å²) in [7, 11) is 0. The third-order valence-corrected chi connectivity index (χ3v) is 1.55. The Bertz CT molecular complexity index is 177. The van der Waals surface area contributed by atoms with Crippen molar-refractivity contribution in [2.45, 2.75) is 37.3 Å². The van der Waals surface area contributed by atoms with Crippen LogP contribution in [0.5, 0.6) is 0 Å². The van der Waals surface area contributed by atoms with E-state index in [2.05, 4.69) is 6.92 Å². The number of hydrogen-bond donors (Lipinski definition) is 0. The van der Waals surface area contributed by atoms with Crippen molar-refractivity contribution in [3.05, 3.63) is 6.92 Å². The summed E-state index contributed by atoms with van der Waals surface area (Å²) in [6, 6.07) is 0. The van der Waals surface area contributed by atoms with Crippen LogP contribution in [0.1, 0.15) is 12.8 Å². The molecule has 1 atom stereocenters. The normalized spacial score (nSPS) is 16.1. The van der Waals surface area contributed by atoms with Crippen LogP contribution in [-0.4, -0.2) is 24.4 Å². The highest BCUT2D eigenvalue weighted by molar-refractivity contribution is 4.91. The van der Waals surface area contributed by atoms with Gasteiger partial charge in [-0.1, -0.05) is 6.92 Å². The third kappa shape index (κ3) is 2.75. The molecule has 0 bridgehead atoms. The lowest BCUT2D eigenvalue weighted by molar-refractivity contribution is -0.250. The van der Waals surface area contributed by atoms with E-state index in [-0.39, 0.29) is 0 Å². The van der Waals surface area contributed by atoms with Crippen molar-refractivity contribution in [3.8, 4) is 0 Å². The van der Waals surface area contributed by atoms with E-state index in [1.807, 2.05) is 0 Å². The average molecular weight is 225 g/mol. The van der Waals surface area contributed by atoms with Crippen molar-refractivity contribution in [3.63, 3.8) is 0 Å². The Hall–Kier alpha value is -0.490. The first kappa shape index (κ1) is 13.5. The lowest BCUT2D eigenvalue weighted by atomic mass is 10.0. The molecule has 0 aromatic heterocycles. The minimum Gasteiger partial charge on any atom is -0.241 e. The van der Waals surface area contributed by atoms with Crippen LogP contribution in [0.15, 0.2) is 0 Å². The molecule has 0 aliphatic rings. The summed E-state index contributed by atoms with van der Waals surface area (Å²) in [5, 5.41) is 0. The fourth-order valence-electron chi connectivity index (χ4n) is 0.740. The highest BCUT2D eigenvalue weighted by atomic mass is 19.3. The van der Waals surface area contributed by atoms with E-state index < -0.39 is 37.3 Å². The molecule has 85 valence electrons. The van der Waals surface area contributed by atoms with Crippen LogP contribution < -0.4 is 0 Å². The smallest absolute Gasteiger partial charge is 0.241 e. The fraction of sp³-hybridized carbons (Fsp3) is 0.857. The highest BCUT2D eigenvalue weighted by Crippen LogP contribution is 2.42. The van der Waals surface area contributed by atoms with E-state index in [9.17, 15) is 30.7 Å². The second-order valence-electron chi connectivity index (χ2n) is 2.68. The number of alkyl halides is 7. The summed E-state index contributed by atoms with van der Waals surface area (Å²) in [6.45, 7) is 2.67. The van der Waals surface area contributed by atoms with Gasteiger partial charge in [-0.05, 0) is 6.42 Å². The van der Waals surface area contributed by atoms with Gasteiger partial charge in [-0.15, -0.1) is 0 Å². The summed E-state index contributed by atoms with van der Waals surface area (Å²) >= 11 is 0. The van der Waals surface area contributed by atoms with E-state index in [4.69, 9.17) is 0 Å². The molecule has 0 amide bonds. The molecule has 0 saturated carbocycles. The maximum Gasteiger partial charge on any atom is 0.340 e. The zero-order valence-electron chi connectivity index (χ0n) is 6.92. The average Bonchev–Trinajstić information content (AvgIpc) is 2.00. The van der Waals surface area contributed by atoms with Crippen molar-refractivity contribution >= 4 is 0 Å². The molecular formula is C7H8F7. The van der Waals surface area contributed by atoms with Crippen molar-refractivity contribution in [2.24, 2.45) is 0 Å². The van der Waals surface area contributed by atoms with Crippen molar-refractivity contribution in [1.82, 2.24) is 0 Å². The van der Waals surface area contributed by atoms with Crippen LogP contribution in [0.2, 0.25) is 0 Å². The molecule has 0 heterocycles. The minimum atomic E-state index is -5.11. The molecule has 0 nitrogen and oxygen atoms in total. The molecule has 1 radical (unpaired) electrons. The molecule has 0 spiro atoms. The quantitative estimate of drug-likeness (QED) is 0.628. The Balaban J connectivity index is 4.68. The van der Waals surface area contributed by atoms with Crippen LogP contribution in [0.3, 0.4) is 0 Å². The standard InChI is InChI=1S/C7H8F7/c1-2-4(8)7(13,14)6(11,12)3-5(9)10/h4-5H,1-3H2/t4-/m0/s1. The monoisotopic (exact) mass is 225 g/mol. The molecule has 0 fully saturated rings. The zero-order chi connectivity index (χ0) is 11.6. The van der Waals surface area contributed by atoms with Gasteiger partial charge in [0.25, 0.3) is 0 Å². The van der Waals surface area contributed by atoms with E-state index in [1.165, 1.54) is 0 Å². The molecule has 0 rings (SSSR count). The molecule has 0 unspecified atom stereocenters. The lowest BCUT2D eigenvalue weighted by Gasteiger charge is -2.28. The van der Waals surface area contributed by atoms with Gasteiger partial charge < -0.3 is 0 Å². The maximum atomic E-state index is 12.5. The second kappa shape index (κ2) is 4.35. The predicted octanol–water partition coefficient (Wildman–Crippen LogP) is 3.47. The molecule has 0 aromatic rings. The van der Waals surface area contributed by atoms with Gasteiger partial charge >= 0.3 is 11.8 Å². The Kier molecular flexibility index (Phi) is 4.20. The molecule has 0 aromatic carbocycles. The fourth-order valence-corrected chi connectivity index (χ4v) is 0.740. The first-order valence-electron chi connectivity index (χ1n) is 3.62. The first-order valence-corrected chi connectivity index (χ1v) is 3.62. The van der Waals surface area contributed by atoms with Gasteiger partial charge in [0.2, 0.25) is 6.43 Å². The second-order valence-corrected chi connectivity index (χ2v) is 2.68. The number of halogens is 7. The van der Waals surface area contributed by atoms with Crippen molar-refractivity contribution in [2.75, 3.05) is 0 Å². The van der Waals surface area contributed by atoms with Crippen LogP contribution in [0.4, 0.5) is 30.7 Å². The summed E-state index contributed by atoms with van der Waals surface area (Å²) < 4.78 is 85.0. The largest absolute Gasteiger partial charge is 0.340 e. The van der Waals surface area contributed by atoms with E-state index in [0.29, 0.717) is 0 Å². The van der Waals surface area contributed by atoms with E-state index in [0.717, 1.165) is 0 Å². The topological polar surface area (TPSA) is 0 Å². The Morgan fingerprint density at radius 1 is 1.00 bits per heavy atom. The molecule has 14 heavy (non-hydrogen) atoms. The SMILES string of the molecule is [CH2]C[C@H](F)C(F)(F)C(F)(F)CC(F)F. The van der Waals surface area contributed by atoms with Gasteiger partial charge in [-0.3, -0.25) is 0 Å². The van der Waals surface area contributed by atoms with Crippen LogP contribution in [0.25, 0.3) is 0 Å². The van der Waals surface area contributed by atoms with Gasteiger partial charge in [0, 0.05) is 0 Å². The van der Waals surface area contributed by atoms with Crippen LogP contribution in [-0.2, 0) is 0 Å². The van der Waals surface area contributed by atoms with Gasteiger partial charge in [0.15, 0.2) is 6.17 Å². The number of hydrogen-bond acceptors (Lipinski definition) is 0. The van der Waals surface area contributed by atoms with E-state index >= 15 is 0 Å². The van der Waals surface area contributed by atoms with Gasteiger partial charge in [0.1, 0.15) is 0 Å². The van der Waals surface area contributed by atoms with Gasteiger partial charge in [-0.25, -0.2) is 13.2 Å². The molecule has 0 N–H and O–H groups in total. The Labute approximate surface area is 76.1 Å². The van der Waals surface area contributed by atoms with Crippen LogP contribution >= 0.6 is 0 Å². The molecule has 7 heteroatoms. The molecule has 0 aliphatic carbocycles. The van der Waals surface area contributed by atoms with Crippen molar-refractivity contribution in [1.29, 1.82) is 0 Å². The molecule has 0 aliphatic heterocycles. The Morgan fingerprint density at radius 2 is 1.43 bits per heavy atom. The van der Waals surface area contributed by atoms with E-state index in [1.54, 1.807) is 0 Å². The number of rotatable bonds is 5. The van der Waals surface area contributed by atoms with Gasteiger partial charge in [-0.2, -0.15) is 17.6 Å². The van der Waals surface area contributed by atoms with Gasteiger partial charge in [0.05, 0.1) is 6.42 Å². The molecule has 0 saturated heterocycles. The highest BCUT2D eigenvalue weighted by Gasteiger charge is 2.61. The predicted molar refractivity (Wildman–Crippen MR) is 35.4 cm³/mol. The molecular weight excluding hydrogens is 217 g/mol. The summed E-state index contributed by atoms with van der Waals surface area (Å²) in [5.74, 6) is -10.2. The minimum absolute atomic E-state index is 1.11. The Morgan fingerprint density at radius 3 is 1.71 bits per heavy atom. The van der Waals surface area contributed by atoms with Crippen molar-refractivity contribution < 1.29 is 30.7 Å². The zero-order valence-corrected chi connectivity index (χ0v) is 6.92. The maximum absolute atomic E-state index is 12.5.